The highest BCUT2D eigenvalue weighted by molar-refractivity contribution is 14.1. The van der Waals surface area contributed by atoms with E-state index in [0.717, 1.165) is 14.2 Å². The van der Waals surface area contributed by atoms with Crippen molar-refractivity contribution in [2.45, 2.75) is 6.04 Å². The summed E-state index contributed by atoms with van der Waals surface area (Å²) in [7, 11) is 1.83. The summed E-state index contributed by atoms with van der Waals surface area (Å²) in [6, 6.07) is 5.77. The molecule has 1 N–H and O–H groups in total. The van der Waals surface area contributed by atoms with Crippen LogP contribution in [-0.2, 0) is 0 Å². The number of hydrogen-bond acceptors (Lipinski definition) is 1. The van der Waals surface area contributed by atoms with Gasteiger partial charge in [-0.05, 0) is 47.3 Å². The highest BCUT2D eigenvalue weighted by atomic mass is 127. The van der Waals surface area contributed by atoms with Crippen molar-refractivity contribution in [1.82, 2.24) is 5.32 Å². The molecule has 0 bridgehead atoms. The first-order valence-electron chi connectivity index (χ1n) is 3.77. The summed E-state index contributed by atoms with van der Waals surface area (Å²) in [6.45, 7) is 0. The monoisotopic (exact) mass is 305 g/mol. The van der Waals surface area contributed by atoms with Crippen molar-refractivity contribution in [2.75, 3.05) is 7.05 Å². The van der Waals surface area contributed by atoms with Gasteiger partial charge in [0.25, 0.3) is 0 Å². The molecule has 1 aromatic carbocycles. The van der Waals surface area contributed by atoms with Gasteiger partial charge in [-0.2, -0.15) is 0 Å². The van der Waals surface area contributed by atoms with Gasteiger partial charge in [-0.15, -0.1) is 6.42 Å². The Balaban J connectivity index is 3.04. The van der Waals surface area contributed by atoms with Crippen LogP contribution >= 0.6 is 34.2 Å². The van der Waals surface area contributed by atoms with Crippen LogP contribution in [0.2, 0.25) is 5.02 Å². The van der Waals surface area contributed by atoms with Crippen molar-refractivity contribution in [3.05, 3.63) is 32.4 Å². The number of nitrogens with one attached hydrogen (secondary N) is 1. The summed E-state index contributed by atoms with van der Waals surface area (Å²) in [5.41, 5.74) is 1.02. The van der Waals surface area contributed by atoms with E-state index in [0.29, 0.717) is 0 Å². The van der Waals surface area contributed by atoms with Gasteiger partial charge < -0.3 is 5.32 Å². The molecule has 68 valence electrons. The molecule has 0 heterocycles. The summed E-state index contributed by atoms with van der Waals surface area (Å²) < 4.78 is 1.04. The number of benzene rings is 1. The molecule has 0 fully saturated rings. The fourth-order valence-corrected chi connectivity index (χ4v) is 1.56. The van der Waals surface area contributed by atoms with Gasteiger partial charge in [-0.3, -0.25) is 0 Å². The minimum Gasteiger partial charge on any atom is -0.303 e. The second kappa shape index (κ2) is 4.85. The average Bonchev–Trinajstić information content (AvgIpc) is 2.13. The molecule has 1 aromatic rings. The fraction of sp³-hybridized carbons (Fsp3) is 0.200. The van der Waals surface area contributed by atoms with Crippen LogP contribution in [-0.4, -0.2) is 7.05 Å². The Morgan fingerprint density at radius 1 is 1.62 bits per heavy atom. The van der Waals surface area contributed by atoms with E-state index in [2.05, 4.69) is 33.8 Å². The summed E-state index contributed by atoms with van der Waals surface area (Å²) in [5, 5.41) is 3.76. The number of hydrogen-bond donors (Lipinski definition) is 1. The van der Waals surface area contributed by atoms with E-state index in [1.807, 2.05) is 25.2 Å². The lowest BCUT2D eigenvalue weighted by Gasteiger charge is -2.10. The predicted molar refractivity (Wildman–Crippen MR) is 64.8 cm³/mol. The Morgan fingerprint density at radius 2 is 2.31 bits per heavy atom. The Kier molecular flexibility index (Phi) is 4.04. The van der Waals surface area contributed by atoms with Gasteiger partial charge in [0, 0.05) is 3.57 Å². The van der Waals surface area contributed by atoms with E-state index in [1.165, 1.54) is 0 Å². The van der Waals surface area contributed by atoms with Crippen molar-refractivity contribution < 1.29 is 0 Å². The summed E-state index contributed by atoms with van der Waals surface area (Å²) in [5.74, 6) is 2.64. The lowest BCUT2D eigenvalue weighted by atomic mass is 10.1. The zero-order chi connectivity index (χ0) is 9.84. The molecule has 0 aromatic heterocycles. The lowest BCUT2D eigenvalue weighted by Crippen LogP contribution is -2.13. The van der Waals surface area contributed by atoms with Crippen molar-refractivity contribution in [3.63, 3.8) is 0 Å². The largest absolute Gasteiger partial charge is 0.303 e. The molecular weight excluding hydrogens is 296 g/mol. The Hall–Kier alpha value is -0.240. The molecule has 0 amide bonds. The molecule has 1 rings (SSSR count). The second-order valence-corrected chi connectivity index (χ2v) is 4.13. The number of halogens is 2. The average molecular weight is 306 g/mol. The van der Waals surface area contributed by atoms with Gasteiger partial charge in [0.1, 0.15) is 0 Å². The van der Waals surface area contributed by atoms with Crippen LogP contribution in [0.15, 0.2) is 18.2 Å². The minimum atomic E-state index is -0.0606. The quantitative estimate of drug-likeness (QED) is 0.654. The zero-order valence-electron chi connectivity index (χ0n) is 7.14. The first kappa shape index (κ1) is 10.8. The van der Waals surface area contributed by atoms with Gasteiger partial charge in [0.2, 0.25) is 0 Å². The first-order valence-corrected chi connectivity index (χ1v) is 5.23. The molecule has 3 heteroatoms. The molecular formula is C10H9ClIN. The maximum atomic E-state index is 5.97. The molecule has 0 aliphatic heterocycles. The van der Waals surface area contributed by atoms with Gasteiger partial charge in [0.15, 0.2) is 0 Å². The Labute approximate surface area is 97.0 Å². The third-order valence-electron chi connectivity index (χ3n) is 1.73. The van der Waals surface area contributed by atoms with Crippen LogP contribution < -0.4 is 5.32 Å². The van der Waals surface area contributed by atoms with E-state index in [9.17, 15) is 0 Å². The summed E-state index contributed by atoms with van der Waals surface area (Å²) in [4.78, 5) is 0. The molecule has 0 saturated carbocycles. The van der Waals surface area contributed by atoms with E-state index >= 15 is 0 Å². The maximum absolute atomic E-state index is 5.97. The van der Waals surface area contributed by atoms with Crippen LogP contribution in [0.5, 0.6) is 0 Å². The predicted octanol–water partition coefficient (Wildman–Crippen LogP) is 2.84. The van der Waals surface area contributed by atoms with E-state index in [1.54, 1.807) is 0 Å². The minimum absolute atomic E-state index is 0.0606. The van der Waals surface area contributed by atoms with Crippen molar-refractivity contribution in [3.8, 4) is 12.3 Å². The molecule has 0 spiro atoms. The molecule has 0 saturated heterocycles. The van der Waals surface area contributed by atoms with Crippen LogP contribution in [0.4, 0.5) is 0 Å². The van der Waals surface area contributed by atoms with Crippen LogP contribution in [0, 0.1) is 15.9 Å². The van der Waals surface area contributed by atoms with E-state index in [4.69, 9.17) is 18.0 Å². The van der Waals surface area contributed by atoms with Crippen molar-refractivity contribution >= 4 is 34.2 Å². The standard InChI is InChI=1S/C10H9ClIN/c1-3-10(13-2)7-4-5-9(12)8(11)6-7/h1,4-6,10,13H,2H3. The molecule has 1 nitrogen and oxygen atoms in total. The van der Waals surface area contributed by atoms with Gasteiger partial charge in [0.05, 0.1) is 11.1 Å². The van der Waals surface area contributed by atoms with E-state index < -0.39 is 0 Å². The Morgan fingerprint density at radius 3 is 2.77 bits per heavy atom. The third-order valence-corrected chi connectivity index (χ3v) is 3.30. The van der Waals surface area contributed by atoms with Crippen molar-refractivity contribution in [2.24, 2.45) is 0 Å². The highest BCUT2D eigenvalue weighted by Crippen LogP contribution is 2.22. The van der Waals surface area contributed by atoms with E-state index in [-0.39, 0.29) is 6.04 Å². The van der Waals surface area contributed by atoms with Crippen molar-refractivity contribution in [1.29, 1.82) is 0 Å². The normalized spacial score (nSPS) is 12.2. The number of terminal acetylenes is 1. The lowest BCUT2D eigenvalue weighted by molar-refractivity contribution is 0.736. The maximum Gasteiger partial charge on any atom is 0.0941 e. The number of rotatable bonds is 2. The molecule has 1 atom stereocenters. The molecule has 0 aliphatic rings. The van der Waals surface area contributed by atoms with Crippen LogP contribution in [0.1, 0.15) is 11.6 Å². The fourth-order valence-electron chi connectivity index (χ4n) is 1.04. The molecule has 0 aliphatic carbocycles. The summed E-state index contributed by atoms with van der Waals surface area (Å²) in [6.07, 6.45) is 5.35. The smallest absolute Gasteiger partial charge is 0.0941 e. The molecule has 1 unspecified atom stereocenters. The molecule has 0 radical (unpaired) electrons. The third kappa shape index (κ3) is 2.60. The first-order chi connectivity index (χ1) is 6.19. The SMILES string of the molecule is C#CC(NC)c1ccc(I)c(Cl)c1. The van der Waals surface area contributed by atoms with Gasteiger partial charge >= 0.3 is 0 Å². The topological polar surface area (TPSA) is 12.0 Å². The zero-order valence-corrected chi connectivity index (χ0v) is 10.1. The van der Waals surface area contributed by atoms with Gasteiger partial charge in [-0.25, -0.2) is 0 Å². The van der Waals surface area contributed by atoms with Gasteiger partial charge in [-0.1, -0.05) is 23.6 Å². The second-order valence-electron chi connectivity index (χ2n) is 2.56. The van der Waals surface area contributed by atoms with Crippen LogP contribution in [0.3, 0.4) is 0 Å². The summed E-state index contributed by atoms with van der Waals surface area (Å²) >= 11 is 8.15. The molecule has 13 heavy (non-hydrogen) atoms. The Bertz CT molecular complexity index is 343. The van der Waals surface area contributed by atoms with Crippen LogP contribution in [0.25, 0.3) is 0 Å². The highest BCUT2D eigenvalue weighted by Gasteiger charge is 2.06.